The zero-order valence-corrected chi connectivity index (χ0v) is 14.8. The quantitative estimate of drug-likeness (QED) is 0.608. The van der Waals surface area contributed by atoms with Gasteiger partial charge in [0.1, 0.15) is 0 Å². The number of carbonyl (C=O) groups is 1. The van der Waals surface area contributed by atoms with Crippen molar-refractivity contribution in [2.24, 2.45) is 7.05 Å². The van der Waals surface area contributed by atoms with Gasteiger partial charge < -0.3 is 9.47 Å². The van der Waals surface area contributed by atoms with Crippen LogP contribution in [0, 0.1) is 0 Å². The van der Waals surface area contributed by atoms with Gasteiger partial charge in [-0.3, -0.25) is 14.8 Å². The van der Waals surface area contributed by atoms with Crippen LogP contribution >= 0.6 is 11.3 Å². The van der Waals surface area contributed by atoms with Crippen molar-refractivity contribution in [1.82, 2.24) is 14.8 Å². The molecule has 0 bridgehead atoms. The summed E-state index contributed by atoms with van der Waals surface area (Å²) < 4.78 is 12.5. The second kappa shape index (κ2) is 5.89. The van der Waals surface area contributed by atoms with E-state index in [1.165, 1.54) is 11.3 Å². The van der Waals surface area contributed by atoms with Crippen molar-refractivity contribution < 1.29 is 14.3 Å². The minimum absolute atomic E-state index is 0.251. The van der Waals surface area contributed by atoms with Crippen molar-refractivity contribution in [1.29, 1.82) is 0 Å². The second-order valence-corrected chi connectivity index (χ2v) is 6.53. The van der Waals surface area contributed by atoms with Gasteiger partial charge in [0.2, 0.25) is 0 Å². The number of ether oxygens (including phenoxy) is 2. The van der Waals surface area contributed by atoms with Crippen LogP contribution in [0.4, 0.5) is 5.13 Å². The van der Waals surface area contributed by atoms with Gasteiger partial charge >= 0.3 is 0 Å². The Morgan fingerprint density at radius 3 is 2.72 bits per heavy atom. The Balaban J connectivity index is 1.76. The van der Waals surface area contributed by atoms with E-state index >= 15 is 0 Å². The molecule has 1 amide bonds. The van der Waals surface area contributed by atoms with Crippen molar-refractivity contribution >= 4 is 22.4 Å². The lowest BCUT2D eigenvalue weighted by Crippen LogP contribution is -2.14. The number of aryl methyl sites for hydroxylation is 1. The molecule has 4 rings (SSSR count). The van der Waals surface area contributed by atoms with Crippen LogP contribution in [0.25, 0.3) is 11.3 Å². The van der Waals surface area contributed by atoms with Crippen molar-refractivity contribution in [2.75, 3.05) is 19.5 Å². The Bertz CT molecular complexity index is 963. The van der Waals surface area contributed by atoms with E-state index in [0.717, 1.165) is 22.4 Å². The van der Waals surface area contributed by atoms with Crippen LogP contribution in [0.1, 0.15) is 21.6 Å². The molecule has 2 heterocycles. The summed E-state index contributed by atoms with van der Waals surface area (Å²) in [7, 11) is 5.06. The molecule has 0 saturated carbocycles. The molecule has 0 unspecified atom stereocenters. The smallest absolute Gasteiger partial charge is 0.278 e. The van der Waals surface area contributed by atoms with E-state index in [9.17, 15) is 4.79 Å². The number of thiazole rings is 1. The predicted octanol–water partition coefficient (Wildman–Crippen LogP) is 2.72. The highest BCUT2D eigenvalue weighted by atomic mass is 32.1. The Labute approximate surface area is 148 Å². The third-order valence-electron chi connectivity index (χ3n) is 4.24. The fourth-order valence-electron chi connectivity index (χ4n) is 3.17. The zero-order chi connectivity index (χ0) is 17.6. The molecule has 1 N–H and O–H groups in total. The van der Waals surface area contributed by atoms with Crippen LogP contribution in [0.15, 0.2) is 23.7 Å². The molecular weight excluding hydrogens is 340 g/mol. The molecule has 7 nitrogen and oxygen atoms in total. The molecule has 0 fully saturated rings. The molecule has 0 radical (unpaired) electrons. The van der Waals surface area contributed by atoms with Crippen molar-refractivity contribution in [2.45, 2.75) is 6.42 Å². The fraction of sp³-hybridized carbons (Fsp3) is 0.235. The van der Waals surface area contributed by atoms with E-state index in [4.69, 9.17) is 9.47 Å². The molecule has 0 aliphatic heterocycles. The summed E-state index contributed by atoms with van der Waals surface area (Å²) in [5.74, 6) is 1.08. The minimum atomic E-state index is -0.251. The van der Waals surface area contributed by atoms with Crippen molar-refractivity contribution in [3.8, 4) is 22.8 Å². The highest BCUT2D eigenvalue weighted by molar-refractivity contribution is 7.13. The van der Waals surface area contributed by atoms with E-state index < -0.39 is 0 Å². The molecular formula is C17H16N4O3S. The summed E-state index contributed by atoms with van der Waals surface area (Å²) in [6.45, 7) is 0. The molecule has 8 heteroatoms. The first-order valence-corrected chi connectivity index (χ1v) is 8.52. The average Bonchev–Trinajstić information content (AvgIpc) is 3.30. The van der Waals surface area contributed by atoms with Gasteiger partial charge in [0.15, 0.2) is 22.3 Å². The van der Waals surface area contributed by atoms with Gasteiger partial charge in [-0.1, -0.05) is 0 Å². The number of aromatic nitrogens is 3. The summed E-state index contributed by atoms with van der Waals surface area (Å²) in [5, 5.41) is 9.59. The van der Waals surface area contributed by atoms with Gasteiger partial charge in [-0.25, -0.2) is 4.98 Å². The minimum Gasteiger partial charge on any atom is -0.493 e. The number of rotatable bonds is 4. The number of benzene rings is 1. The van der Waals surface area contributed by atoms with Gasteiger partial charge in [0, 0.05) is 36.2 Å². The highest BCUT2D eigenvalue weighted by Gasteiger charge is 2.31. The lowest BCUT2D eigenvalue weighted by Gasteiger charge is -2.11. The molecule has 0 atom stereocenters. The van der Waals surface area contributed by atoms with Gasteiger partial charge in [-0.2, -0.15) is 5.10 Å². The summed E-state index contributed by atoms with van der Waals surface area (Å²) in [6.07, 6.45) is 2.27. The maximum Gasteiger partial charge on any atom is 0.278 e. The number of nitrogens with zero attached hydrogens (tertiary/aromatic N) is 3. The Morgan fingerprint density at radius 1 is 1.28 bits per heavy atom. The van der Waals surface area contributed by atoms with E-state index in [-0.39, 0.29) is 5.91 Å². The number of nitrogens with one attached hydrogen (secondary N) is 1. The molecule has 0 saturated heterocycles. The first kappa shape index (κ1) is 15.6. The predicted molar refractivity (Wildman–Crippen MR) is 94.6 cm³/mol. The maximum atomic E-state index is 12.6. The van der Waals surface area contributed by atoms with Gasteiger partial charge in [-0.15, -0.1) is 11.3 Å². The average molecular weight is 356 g/mol. The molecule has 0 spiro atoms. The fourth-order valence-corrected chi connectivity index (χ4v) is 3.70. The number of hydrogen-bond acceptors (Lipinski definition) is 6. The molecule has 1 aromatic carbocycles. The topological polar surface area (TPSA) is 78.3 Å². The third-order valence-corrected chi connectivity index (χ3v) is 4.93. The SMILES string of the molecule is COc1cc2c(cc1OC)-c1c(c(C(=O)Nc3nccs3)nn1C)C2. The molecule has 2 aromatic heterocycles. The number of hydrogen-bond donors (Lipinski definition) is 1. The second-order valence-electron chi connectivity index (χ2n) is 5.63. The first-order valence-electron chi connectivity index (χ1n) is 7.64. The Hall–Kier alpha value is -2.87. The van der Waals surface area contributed by atoms with Crippen LogP contribution < -0.4 is 14.8 Å². The number of amides is 1. The normalized spacial score (nSPS) is 11.8. The van der Waals surface area contributed by atoms with Crippen LogP contribution in [-0.2, 0) is 13.5 Å². The van der Waals surface area contributed by atoms with Gasteiger partial charge in [0.25, 0.3) is 5.91 Å². The van der Waals surface area contributed by atoms with Gasteiger partial charge in [0.05, 0.1) is 19.9 Å². The standard InChI is InChI=1S/C17H16N4O3S/c1-21-15-10-8-13(24-3)12(23-2)7-9(10)6-11(15)14(20-21)16(22)19-17-18-4-5-25-17/h4-5,7-8H,6H2,1-3H3,(H,18,19,22). The summed E-state index contributed by atoms with van der Waals surface area (Å²) in [5.41, 5.74) is 4.35. The molecule has 1 aliphatic carbocycles. The molecule has 1 aliphatic rings. The Kier molecular flexibility index (Phi) is 3.69. The van der Waals surface area contributed by atoms with E-state index in [2.05, 4.69) is 15.4 Å². The summed E-state index contributed by atoms with van der Waals surface area (Å²) in [6, 6.07) is 3.89. The van der Waals surface area contributed by atoms with Crippen LogP contribution in [0.3, 0.4) is 0 Å². The third kappa shape index (κ3) is 2.45. The van der Waals surface area contributed by atoms with E-state index in [0.29, 0.717) is 28.7 Å². The zero-order valence-electron chi connectivity index (χ0n) is 14.0. The first-order chi connectivity index (χ1) is 12.1. The summed E-state index contributed by atoms with van der Waals surface area (Å²) in [4.78, 5) is 16.7. The number of methoxy groups -OCH3 is 2. The lowest BCUT2D eigenvalue weighted by molar-refractivity contribution is 0.102. The van der Waals surface area contributed by atoms with Crippen LogP contribution in [0.2, 0.25) is 0 Å². The van der Waals surface area contributed by atoms with Gasteiger partial charge in [-0.05, 0) is 17.7 Å². The van der Waals surface area contributed by atoms with E-state index in [1.807, 2.05) is 24.6 Å². The maximum absolute atomic E-state index is 12.6. The van der Waals surface area contributed by atoms with Crippen molar-refractivity contribution in [3.05, 3.63) is 40.5 Å². The monoisotopic (exact) mass is 356 g/mol. The molecule has 128 valence electrons. The summed E-state index contributed by atoms with van der Waals surface area (Å²) >= 11 is 1.37. The van der Waals surface area contributed by atoms with E-state index in [1.54, 1.807) is 25.1 Å². The number of anilines is 1. The van der Waals surface area contributed by atoms with Crippen molar-refractivity contribution in [3.63, 3.8) is 0 Å². The lowest BCUT2D eigenvalue weighted by atomic mass is 10.1. The van der Waals surface area contributed by atoms with Crippen LogP contribution in [-0.4, -0.2) is 34.9 Å². The molecule has 3 aromatic rings. The molecule has 25 heavy (non-hydrogen) atoms. The Morgan fingerprint density at radius 2 is 2.04 bits per heavy atom. The highest BCUT2D eigenvalue weighted by Crippen LogP contribution is 2.43. The largest absolute Gasteiger partial charge is 0.493 e. The van der Waals surface area contributed by atoms with Crippen LogP contribution in [0.5, 0.6) is 11.5 Å². The number of fused-ring (bicyclic) bond motifs is 3. The number of carbonyl (C=O) groups excluding carboxylic acids is 1.